The van der Waals surface area contributed by atoms with E-state index < -0.39 is 11.5 Å². The van der Waals surface area contributed by atoms with Gasteiger partial charge in [0.15, 0.2) is 0 Å². The first-order valence-electron chi connectivity index (χ1n) is 12.2. The average molecular weight is 504 g/mol. The molecule has 1 saturated carbocycles. The van der Waals surface area contributed by atoms with Crippen molar-refractivity contribution >= 4 is 22.7 Å². The van der Waals surface area contributed by atoms with Gasteiger partial charge in [-0.25, -0.2) is 4.68 Å². The summed E-state index contributed by atoms with van der Waals surface area (Å²) in [7, 11) is 1.45. The molecule has 0 saturated heterocycles. The van der Waals surface area contributed by atoms with Crippen LogP contribution in [-0.2, 0) is 13.2 Å². The van der Waals surface area contributed by atoms with E-state index in [1.165, 1.54) is 23.9 Å². The van der Waals surface area contributed by atoms with Crippen molar-refractivity contribution in [3.05, 3.63) is 75.6 Å². The Labute approximate surface area is 212 Å². The fourth-order valence-electron chi connectivity index (χ4n) is 4.09. The molecule has 2 amide bonds. The topological polar surface area (TPSA) is 136 Å². The number of ether oxygens (including phenoxy) is 1. The SMILES string of the molecule is CNC(=O)c1cc(C(=O)NC2CC2)cn(Cc2ccc(OCc3cn(C(C)C)nn3)c3[nH]ccc23)c1=O. The minimum absolute atomic E-state index is 0.0781. The Morgan fingerprint density at radius 1 is 1.19 bits per heavy atom. The van der Waals surface area contributed by atoms with Crippen molar-refractivity contribution in [3.63, 3.8) is 0 Å². The van der Waals surface area contributed by atoms with Crippen LogP contribution in [0.15, 0.2) is 47.7 Å². The molecule has 0 bridgehead atoms. The Bertz CT molecular complexity index is 1530. The maximum Gasteiger partial charge on any atom is 0.263 e. The molecule has 3 heterocycles. The summed E-state index contributed by atoms with van der Waals surface area (Å²) in [5.74, 6) is -0.199. The molecule has 0 aliphatic heterocycles. The van der Waals surface area contributed by atoms with E-state index in [0.717, 1.165) is 29.3 Å². The first kappa shape index (κ1) is 24.3. The number of fused-ring (bicyclic) bond motifs is 1. The summed E-state index contributed by atoms with van der Waals surface area (Å²) in [6.45, 7) is 4.48. The summed E-state index contributed by atoms with van der Waals surface area (Å²) in [6.07, 6.45) is 7.03. The van der Waals surface area contributed by atoms with Gasteiger partial charge in [0.1, 0.15) is 23.6 Å². The molecule has 1 aliphatic rings. The maximum absolute atomic E-state index is 13.2. The zero-order valence-electron chi connectivity index (χ0n) is 20.9. The van der Waals surface area contributed by atoms with Crippen molar-refractivity contribution in [2.45, 2.75) is 51.9 Å². The molecule has 0 unspecified atom stereocenters. The van der Waals surface area contributed by atoms with Gasteiger partial charge < -0.3 is 24.9 Å². The highest BCUT2D eigenvalue weighted by molar-refractivity contribution is 5.99. The molecule has 3 N–H and O–H groups in total. The molecule has 11 nitrogen and oxygen atoms in total. The van der Waals surface area contributed by atoms with Crippen LogP contribution in [0.5, 0.6) is 5.75 Å². The second-order valence-electron chi connectivity index (χ2n) is 9.46. The first-order valence-corrected chi connectivity index (χ1v) is 12.2. The van der Waals surface area contributed by atoms with Crippen molar-refractivity contribution in [2.24, 2.45) is 0 Å². The Balaban J connectivity index is 1.43. The minimum Gasteiger partial charge on any atom is -0.485 e. The molecule has 0 radical (unpaired) electrons. The van der Waals surface area contributed by atoms with E-state index in [2.05, 4.69) is 25.9 Å². The number of nitrogens with zero attached hydrogens (tertiary/aromatic N) is 4. The van der Waals surface area contributed by atoms with E-state index in [1.54, 1.807) is 10.9 Å². The number of pyridine rings is 1. The first-order chi connectivity index (χ1) is 17.8. The third-order valence-corrected chi connectivity index (χ3v) is 6.31. The Kier molecular flexibility index (Phi) is 6.51. The highest BCUT2D eigenvalue weighted by Gasteiger charge is 2.25. The van der Waals surface area contributed by atoms with Crippen molar-refractivity contribution in [1.82, 2.24) is 35.2 Å². The number of nitrogens with one attached hydrogen (secondary N) is 3. The van der Waals surface area contributed by atoms with Crippen LogP contribution in [0.1, 0.15) is 64.7 Å². The van der Waals surface area contributed by atoms with Gasteiger partial charge in [0.2, 0.25) is 0 Å². The molecule has 0 spiro atoms. The van der Waals surface area contributed by atoms with Gasteiger partial charge in [0, 0.05) is 36.9 Å². The molecule has 4 aromatic rings. The van der Waals surface area contributed by atoms with Crippen LogP contribution in [0.2, 0.25) is 0 Å². The van der Waals surface area contributed by atoms with E-state index >= 15 is 0 Å². The lowest BCUT2D eigenvalue weighted by Crippen LogP contribution is -2.34. The lowest BCUT2D eigenvalue weighted by atomic mass is 10.1. The Morgan fingerprint density at radius 3 is 2.70 bits per heavy atom. The van der Waals surface area contributed by atoms with Gasteiger partial charge >= 0.3 is 0 Å². The zero-order valence-corrected chi connectivity index (χ0v) is 20.9. The predicted octanol–water partition coefficient (Wildman–Crippen LogP) is 2.38. The fraction of sp³-hybridized carbons (Fsp3) is 0.346. The van der Waals surface area contributed by atoms with Gasteiger partial charge in [-0.3, -0.25) is 14.4 Å². The number of aromatic nitrogens is 5. The molecular formula is C26H29N7O4. The number of hydrogen-bond acceptors (Lipinski definition) is 6. The molecule has 0 atom stereocenters. The highest BCUT2D eigenvalue weighted by atomic mass is 16.5. The molecular weight excluding hydrogens is 474 g/mol. The third-order valence-electron chi connectivity index (χ3n) is 6.31. The number of H-pyrrole nitrogens is 1. The van der Waals surface area contributed by atoms with Crippen LogP contribution >= 0.6 is 0 Å². The fourth-order valence-corrected chi connectivity index (χ4v) is 4.09. The number of benzene rings is 1. The van der Waals surface area contributed by atoms with E-state index in [0.29, 0.717) is 11.4 Å². The molecule has 1 aliphatic carbocycles. The summed E-state index contributed by atoms with van der Waals surface area (Å²) in [6, 6.07) is 7.32. The average Bonchev–Trinajstić information content (AvgIpc) is 3.35. The van der Waals surface area contributed by atoms with Crippen LogP contribution in [0.3, 0.4) is 0 Å². The second kappa shape index (κ2) is 9.92. The molecule has 192 valence electrons. The quantitative estimate of drug-likeness (QED) is 0.321. The van der Waals surface area contributed by atoms with Crippen LogP contribution < -0.4 is 20.9 Å². The number of carbonyl (C=O) groups is 2. The summed E-state index contributed by atoms with van der Waals surface area (Å²) in [5.41, 5.74) is 2.04. The second-order valence-corrected chi connectivity index (χ2v) is 9.46. The maximum atomic E-state index is 13.2. The van der Waals surface area contributed by atoms with Gasteiger partial charge in [-0.15, -0.1) is 5.10 Å². The summed E-state index contributed by atoms with van der Waals surface area (Å²) >= 11 is 0. The van der Waals surface area contributed by atoms with E-state index in [9.17, 15) is 14.4 Å². The summed E-state index contributed by atoms with van der Waals surface area (Å²) in [5, 5.41) is 14.5. The van der Waals surface area contributed by atoms with Crippen LogP contribution in [-0.4, -0.2) is 49.4 Å². The van der Waals surface area contributed by atoms with E-state index in [1.807, 2.05) is 38.2 Å². The highest BCUT2D eigenvalue weighted by Crippen LogP contribution is 2.29. The number of aromatic amines is 1. The van der Waals surface area contributed by atoms with E-state index in [4.69, 9.17) is 4.74 Å². The van der Waals surface area contributed by atoms with Crippen molar-refractivity contribution in [3.8, 4) is 5.75 Å². The van der Waals surface area contributed by atoms with Gasteiger partial charge in [0.25, 0.3) is 17.4 Å². The van der Waals surface area contributed by atoms with Crippen LogP contribution in [0.25, 0.3) is 10.9 Å². The Hall–Kier alpha value is -4.41. The molecule has 1 fully saturated rings. The molecule has 3 aromatic heterocycles. The molecule has 1 aromatic carbocycles. The van der Waals surface area contributed by atoms with Crippen molar-refractivity contribution < 1.29 is 14.3 Å². The number of rotatable bonds is 9. The monoisotopic (exact) mass is 503 g/mol. The predicted molar refractivity (Wildman–Crippen MR) is 137 cm³/mol. The molecule has 11 heteroatoms. The normalized spacial score (nSPS) is 13.2. The summed E-state index contributed by atoms with van der Waals surface area (Å²) < 4.78 is 9.20. The van der Waals surface area contributed by atoms with Crippen LogP contribution in [0, 0.1) is 0 Å². The lowest BCUT2D eigenvalue weighted by Gasteiger charge is -2.13. The number of hydrogen-bond donors (Lipinski definition) is 3. The van der Waals surface area contributed by atoms with Crippen LogP contribution in [0.4, 0.5) is 0 Å². The smallest absolute Gasteiger partial charge is 0.263 e. The van der Waals surface area contributed by atoms with E-state index in [-0.39, 0.29) is 42.3 Å². The van der Waals surface area contributed by atoms with Crippen molar-refractivity contribution in [1.29, 1.82) is 0 Å². The Morgan fingerprint density at radius 2 is 2.00 bits per heavy atom. The summed E-state index contributed by atoms with van der Waals surface area (Å²) in [4.78, 5) is 41.5. The van der Waals surface area contributed by atoms with Gasteiger partial charge in [0.05, 0.1) is 23.8 Å². The van der Waals surface area contributed by atoms with Gasteiger partial charge in [-0.1, -0.05) is 11.3 Å². The largest absolute Gasteiger partial charge is 0.485 e. The van der Waals surface area contributed by atoms with Gasteiger partial charge in [-0.2, -0.15) is 0 Å². The molecule has 37 heavy (non-hydrogen) atoms. The minimum atomic E-state index is -0.537. The molecule has 5 rings (SSSR count). The third kappa shape index (κ3) is 5.11. The lowest BCUT2D eigenvalue weighted by molar-refractivity contribution is 0.0950. The zero-order chi connectivity index (χ0) is 26.1. The van der Waals surface area contributed by atoms with Crippen molar-refractivity contribution in [2.75, 3.05) is 7.05 Å². The standard InChI is InChI=1S/C26H29N7O4/c1-15(2)33-13-19(30-31-33)14-37-22-7-4-16(20-8-9-28-23(20)22)11-32-12-17(24(34)29-18-5-6-18)10-21(26(32)36)25(35)27-3/h4,7-10,12-13,15,18,28H,5-6,11,14H2,1-3H3,(H,27,35)(H,29,34). The number of carbonyl (C=O) groups excluding carboxylic acids is 2. The van der Waals surface area contributed by atoms with Gasteiger partial charge in [-0.05, 0) is 50.5 Å². The number of amides is 2.